The Morgan fingerprint density at radius 2 is 1.09 bits per heavy atom. The molecule has 0 saturated heterocycles. The van der Waals surface area contributed by atoms with Gasteiger partial charge in [0.2, 0.25) is 23.5 Å². The van der Waals surface area contributed by atoms with Crippen LogP contribution in [-0.2, 0) is 68.9 Å². The first-order valence-electron chi connectivity index (χ1n) is 27.2. The van der Waals surface area contributed by atoms with E-state index in [4.69, 9.17) is 0 Å². The zero-order valence-electron chi connectivity index (χ0n) is 48.5. The van der Waals surface area contributed by atoms with E-state index in [2.05, 4.69) is 71.6 Å². The van der Waals surface area contributed by atoms with Crippen LogP contribution in [0.4, 0.5) is 23.0 Å². The molecule has 6 aromatic rings. The van der Waals surface area contributed by atoms with Gasteiger partial charge in [-0.3, -0.25) is 38.4 Å². The second-order valence-corrected chi connectivity index (χ2v) is 20.8. The summed E-state index contributed by atoms with van der Waals surface area (Å²) in [5.41, 5.74) is 2.90. The summed E-state index contributed by atoms with van der Waals surface area (Å²) in [7, 11) is 15.7. The van der Waals surface area contributed by atoms with Crippen molar-refractivity contribution < 1.29 is 60.3 Å². The van der Waals surface area contributed by atoms with Gasteiger partial charge >= 0.3 is 0 Å². The molecule has 0 aliphatic heterocycles. The van der Waals surface area contributed by atoms with E-state index in [0.717, 1.165) is 43.6 Å². The standard InChI is InChI=1S/C38H47N15O7.C12H21N3O.C5H10.Fe/c1-39-36(58)30-45-27(19-52(30)5)47-34(56)25-15-22(17-50(25)3)42-33(55)24(44-32(54)21-9-7-8-10-21)11-12-41-37(59)31-46-28(20-53(31)6)48-35(57)26-16-23(18-51(26)4)43-38(60)29-40-13-14-49(29)2;1-10-8-11(15(4)9-10)12(16)13-6-5-7-14(2)3;1-2-4-5-3-1;/h13-21,24H,7-12H2,1-6H3,(H,39,58)(H,41,59)(H,42,55)(H,43,60)(H,44,54)(H,47,56)(H,48,57);8-9H,5-7H2,1-4H3,(H,13,16);1-5H2;/p+1. The predicted octanol–water partition coefficient (Wildman–Crippen LogP) is 2.66. The first-order valence-corrected chi connectivity index (χ1v) is 27.2. The Labute approximate surface area is 487 Å². The average Bonchev–Trinajstić information content (AvgIpc) is 4.50. The van der Waals surface area contributed by atoms with Gasteiger partial charge < -0.3 is 74.8 Å². The van der Waals surface area contributed by atoms with Crippen LogP contribution in [0.1, 0.15) is 140 Å². The molecule has 0 spiro atoms. The Balaban J connectivity index is 0.000000468. The number of carbonyl (C=O) groups excluding carboxylic acids is 8. The molecule has 0 bridgehead atoms. The molecule has 2 saturated carbocycles. The summed E-state index contributed by atoms with van der Waals surface area (Å²) in [5, 5.41) is 21.8. The van der Waals surface area contributed by atoms with Crippen LogP contribution >= 0.6 is 0 Å². The van der Waals surface area contributed by atoms with Gasteiger partial charge in [0, 0.05) is 135 Å². The zero-order valence-corrected chi connectivity index (χ0v) is 49.6. The molecule has 444 valence electrons. The summed E-state index contributed by atoms with van der Waals surface area (Å²) in [6.07, 6.45) is 22.9. The number of imidazole rings is 3. The minimum Gasteiger partial charge on any atom is -0.352 e. The number of quaternary nitrogens is 1. The Bertz CT molecular complexity index is 3180. The Hall–Kier alpha value is -8.29. The Kier molecular flexibility index (Phi) is 24.0. The summed E-state index contributed by atoms with van der Waals surface area (Å²) >= 11 is 0. The molecule has 27 heteroatoms. The summed E-state index contributed by atoms with van der Waals surface area (Å²) < 4.78 is 9.36. The maximum atomic E-state index is 13.7. The minimum atomic E-state index is -1.05. The molecule has 2 aliphatic carbocycles. The van der Waals surface area contributed by atoms with E-state index in [1.165, 1.54) is 99.2 Å². The molecular formula is C55H79FeN18O8+. The molecule has 0 aromatic carbocycles. The third kappa shape index (κ3) is 18.1. The van der Waals surface area contributed by atoms with E-state index in [-0.39, 0.29) is 94.0 Å². The van der Waals surface area contributed by atoms with Crippen LogP contribution in [-0.4, -0.2) is 136 Å². The topological polar surface area (TPSA) is 305 Å². The van der Waals surface area contributed by atoms with E-state index in [9.17, 15) is 38.4 Å². The van der Waals surface area contributed by atoms with Crippen LogP contribution in [0.15, 0.2) is 61.6 Å². The minimum absolute atomic E-state index is 0. The van der Waals surface area contributed by atoms with Gasteiger partial charge in [-0.25, -0.2) is 15.0 Å². The SMILES string of the molecule is C1CCCC1.CNC(=O)c1nc(NC(=O)c2cc(NC(=O)C(CCNC(=O)c3nc(NC(=O)c4cc(NC(=O)c5nccn5C)cn4C)cn3C)NC(=O)C3CCCC3)cn2C)cn1C.Cc1cc(C(=O)NCCC[NH+](C)C)n(C)c1.[Fe]. The summed E-state index contributed by atoms with van der Waals surface area (Å²) in [6.45, 7) is 3.78. The first kappa shape index (κ1) is 64.5. The number of nitrogens with one attached hydrogen (secondary N) is 9. The van der Waals surface area contributed by atoms with E-state index in [0.29, 0.717) is 18.5 Å². The van der Waals surface area contributed by atoms with Crippen LogP contribution in [0.5, 0.6) is 0 Å². The number of carbonyl (C=O) groups is 8. The van der Waals surface area contributed by atoms with Gasteiger partial charge in [-0.2, -0.15) is 0 Å². The third-order valence-corrected chi connectivity index (χ3v) is 13.7. The molecule has 6 heterocycles. The third-order valence-electron chi connectivity index (χ3n) is 13.7. The molecule has 1 unspecified atom stereocenters. The Morgan fingerprint density at radius 3 is 1.59 bits per heavy atom. The molecule has 2 aliphatic rings. The predicted molar refractivity (Wildman–Crippen MR) is 305 cm³/mol. The zero-order chi connectivity index (χ0) is 58.9. The van der Waals surface area contributed by atoms with E-state index in [1.54, 1.807) is 52.2 Å². The summed E-state index contributed by atoms with van der Waals surface area (Å²) in [4.78, 5) is 117. The molecule has 1 atom stereocenters. The monoisotopic (exact) mass is 1180 g/mol. The van der Waals surface area contributed by atoms with E-state index < -0.39 is 41.5 Å². The first-order chi connectivity index (χ1) is 38.6. The smallest absolute Gasteiger partial charge is 0.291 e. The summed E-state index contributed by atoms with van der Waals surface area (Å²) in [6, 6.07) is 3.82. The largest absolute Gasteiger partial charge is 0.352 e. The molecule has 82 heavy (non-hydrogen) atoms. The second kappa shape index (κ2) is 30.5. The van der Waals surface area contributed by atoms with Crippen LogP contribution in [0, 0.1) is 12.8 Å². The maximum absolute atomic E-state index is 13.7. The molecule has 2 fully saturated rings. The number of anilines is 4. The van der Waals surface area contributed by atoms with E-state index in [1.807, 2.05) is 30.8 Å². The van der Waals surface area contributed by atoms with Crippen molar-refractivity contribution in [2.24, 2.45) is 48.2 Å². The van der Waals surface area contributed by atoms with Crippen LogP contribution in [0.3, 0.4) is 0 Å². The van der Waals surface area contributed by atoms with Gasteiger partial charge in [0.05, 0.1) is 32.0 Å². The molecule has 9 N–H and O–H groups in total. The molecule has 6 aromatic heterocycles. The van der Waals surface area contributed by atoms with Crippen LogP contribution in [0.2, 0.25) is 0 Å². The van der Waals surface area contributed by atoms with Crippen LogP contribution in [0.25, 0.3) is 0 Å². The number of aromatic nitrogens is 9. The van der Waals surface area contributed by atoms with E-state index >= 15 is 0 Å². The Morgan fingerprint density at radius 1 is 0.573 bits per heavy atom. The van der Waals surface area contributed by atoms with Gasteiger partial charge in [-0.05, 0) is 49.9 Å². The van der Waals surface area contributed by atoms with Crippen molar-refractivity contribution in [2.75, 3.05) is 62.0 Å². The van der Waals surface area contributed by atoms with Crippen molar-refractivity contribution in [3.05, 3.63) is 102 Å². The van der Waals surface area contributed by atoms with Gasteiger partial charge in [0.15, 0.2) is 17.5 Å². The fourth-order valence-electron chi connectivity index (χ4n) is 9.39. The van der Waals surface area contributed by atoms with Crippen molar-refractivity contribution in [3.8, 4) is 0 Å². The van der Waals surface area contributed by atoms with Crippen molar-refractivity contribution in [1.82, 2.24) is 63.6 Å². The molecule has 8 amide bonds. The number of hydrogen-bond donors (Lipinski definition) is 9. The molecule has 8 rings (SSSR count). The molecular weight excluding hydrogens is 1100 g/mol. The van der Waals surface area contributed by atoms with Crippen molar-refractivity contribution in [1.29, 1.82) is 0 Å². The fraction of sp³-hybridized carbons (Fsp3) is 0.473. The normalized spacial score (nSPS) is 13.1. The summed E-state index contributed by atoms with van der Waals surface area (Å²) in [5.74, 6) is -3.04. The quantitative estimate of drug-likeness (QED) is 0.0396. The maximum Gasteiger partial charge on any atom is 0.291 e. The van der Waals surface area contributed by atoms with Crippen molar-refractivity contribution >= 4 is 70.3 Å². The van der Waals surface area contributed by atoms with Crippen molar-refractivity contribution in [3.63, 3.8) is 0 Å². The number of aryl methyl sites for hydroxylation is 7. The number of nitrogens with zero attached hydrogens (tertiary/aromatic N) is 9. The van der Waals surface area contributed by atoms with Gasteiger partial charge in [0.25, 0.3) is 35.4 Å². The number of hydrogen-bond acceptors (Lipinski definition) is 11. The fourth-order valence-corrected chi connectivity index (χ4v) is 9.39. The second-order valence-electron chi connectivity index (χ2n) is 20.8. The number of amides is 8. The number of rotatable bonds is 20. The van der Waals surface area contributed by atoms with Gasteiger partial charge in [0.1, 0.15) is 23.1 Å². The van der Waals surface area contributed by atoms with Crippen molar-refractivity contribution in [2.45, 2.75) is 83.6 Å². The van der Waals surface area contributed by atoms with Gasteiger partial charge in [-0.15, -0.1) is 0 Å². The molecule has 26 nitrogen and oxygen atoms in total. The van der Waals surface area contributed by atoms with Gasteiger partial charge in [-0.1, -0.05) is 44.9 Å². The molecule has 0 radical (unpaired) electrons. The van der Waals surface area contributed by atoms with Crippen LogP contribution < -0.4 is 47.4 Å². The average molecular weight is 1180 g/mol.